The molecule has 19 heavy (non-hydrogen) atoms. The van der Waals surface area contributed by atoms with E-state index < -0.39 is 0 Å². The number of nitrogens with zero attached hydrogens (tertiary/aromatic N) is 2. The Hall–Kier alpha value is -2.42. The normalized spacial score (nSPS) is 11.8. The lowest BCUT2D eigenvalue weighted by Crippen LogP contribution is -2.08. The molecule has 0 spiro atoms. The van der Waals surface area contributed by atoms with Crippen LogP contribution in [0.4, 0.5) is 0 Å². The topological polar surface area (TPSA) is 34.4 Å². The molecule has 4 aromatic rings. The molecular formula is C16H12N2O. The first-order chi connectivity index (χ1) is 9.31. The second-order valence-electron chi connectivity index (χ2n) is 4.76. The van der Waals surface area contributed by atoms with Crippen LogP contribution < -0.4 is 5.43 Å². The highest BCUT2D eigenvalue weighted by molar-refractivity contribution is 6.12. The first kappa shape index (κ1) is 10.5. The highest BCUT2D eigenvalue weighted by Crippen LogP contribution is 2.30. The van der Waals surface area contributed by atoms with E-state index in [1.807, 2.05) is 18.2 Å². The quantitative estimate of drug-likeness (QED) is 0.519. The molecule has 3 heterocycles. The minimum atomic E-state index is 0.0118. The van der Waals surface area contributed by atoms with Gasteiger partial charge in [-0.1, -0.05) is 25.1 Å². The van der Waals surface area contributed by atoms with Crippen molar-refractivity contribution in [1.29, 1.82) is 0 Å². The summed E-state index contributed by atoms with van der Waals surface area (Å²) in [5, 5.41) is 2.28. The molecule has 0 bridgehead atoms. The van der Waals surface area contributed by atoms with E-state index in [1.165, 1.54) is 5.39 Å². The number of aryl methyl sites for hydroxylation is 1. The molecule has 0 N–H and O–H groups in total. The van der Waals surface area contributed by atoms with Gasteiger partial charge < -0.3 is 4.40 Å². The zero-order chi connectivity index (χ0) is 13.0. The van der Waals surface area contributed by atoms with Gasteiger partial charge in [0.1, 0.15) is 5.52 Å². The summed E-state index contributed by atoms with van der Waals surface area (Å²) in [6.07, 6.45) is 2.55. The molecule has 0 saturated heterocycles. The van der Waals surface area contributed by atoms with Gasteiger partial charge in [-0.3, -0.25) is 9.78 Å². The number of hydrogen-bond acceptors (Lipinski definition) is 2. The van der Waals surface area contributed by atoms with Gasteiger partial charge in [0.15, 0.2) is 0 Å². The van der Waals surface area contributed by atoms with E-state index in [-0.39, 0.29) is 5.43 Å². The van der Waals surface area contributed by atoms with Gasteiger partial charge in [0.05, 0.1) is 11.0 Å². The maximum Gasteiger partial charge on any atom is 0.208 e. The van der Waals surface area contributed by atoms with Gasteiger partial charge in [-0.25, -0.2) is 0 Å². The van der Waals surface area contributed by atoms with E-state index in [0.717, 1.165) is 28.5 Å². The molecular weight excluding hydrogens is 236 g/mol. The van der Waals surface area contributed by atoms with Crippen molar-refractivity contribution in [3.05, 3.63) is 58.5 Å². The number of benzene rings is 1. The summed E-state index contributed by atoms with van der Waals surface area (Å²) in [5.74, 6) is 0. The molecule has 3 aromatic heterocycles. The van der Waals surface area contributed by atoms with E-state index >= 15 is 0 Å². The van der Waals surface area contributed by atoms with Gasteiger partial charge in [-0.2, -0.15) is 0 Å². The Morgan fingerprint density at radius 2 is 2.00 bits per heavy atom. The minimum Gasteiger partial charge on any atom is -0.311 e. The molecule has 0 unspecified atom stereocenters. The van der Waals surface area contributed by atoms with Crippen LogP contribution in [0, 0.1) is 0 Å². The molecule has 0 atom stereocenters. The summed E-state index contributed by atoms with van der Waals surface area (Å²) in [5.41, 5.74) is 3.71. The molecule has 3 heteroatoms. The molecule has 0 amide bonds. The Morgan fingerprint density at radius 1 is 1.16 bits per heavy atom. The molecule has 0 fully saturated rings. The fraction of sp³-hybridized carbons (Fsp3) is 0.125. The SMILES string of the molecule is CCc1cc(=O)c2nccc3c4ccccc4n1c23. The van der Waals surface area contributed by atoms with Crippen LogP contribution in [-0.4, -0.2) is 9.38 Å². The van der Waals surface area contributed by atoms with E-state index in [1.54, 1.807) is 12.3 Å². The standard InChI is InChI=1S/C16H12N2O/c1-2-10-9-14(19)15-16-12(7-8-17-15)11-5-3-4-6-13(11)18(10)16/h3-9H,2H2,1H3. The fourth-order valence-corrected chi connectivity index (χ4v) is 2.94. The highest BCUT2D eigenvalue weighted by atomic mass is 16.1. The number of para-hydroxylation sites is 1. The minimum absolute atomic E-state index is 0.0118. The van der Waals surface area contributed by atoms with Crippen molar-refractivity contribution in [2.75, 3.05) is 0 Å². The van der Waals surface area contributed by atoms with Gasteiger partial charge in [0.2, 0.25) is 5.43 Å². The van der Waals surface area contributed by atoms with E-state index in [4.69, 9.17) is 0 Å². The van der Waals surface area contributed by atoms with E-state index in [2.05, 4.69) is 28.4 Å². The second-order valence-corrected chi connectivity index (χ2v) is 4.76. The Balaban J connectivity index is 2.49. The third kappa shape index (κ3) is 1.22. The van der Waals surface area contributed by atoms with Crippen molar-refractivity contribution in [3.63, 3.8) is 0 Å². The number of aromatic nitrogens is 2. The van der Waals surface area contributed by atoms with Gasteiger partial charge in [-0.15, -0.1) is 0 Å². The molecule has 92 valence electrons. The first-order valence-electron chi connectivity index (χ1n) is 6.44. The lowest BCUT2D eigenvalue weighted by molar-refractivity contribution is 1.00. The number of hydrogen-bond donors (Lipinski definition) is 0. The zero-order valence-corrected chi connectivity index (χ0v) is 10.6. The van der Waals surface area contributed by atoms with Crippen LogP contribution in [0.5, 0.6) is 0 Å². The van der Waals surface area contributed by atoms with Crippen LogP contribution in [-0.2, 0) is 6.42 Å². The summed E-state index contributed by atoms with van der Waals surface area (Å²) in [4.78, 5) is 16.4. The Labute approximate surface area is 109 Å². The molecule has 1 aromatic carbocycles. The third-order valence-electron chi connectivity index (χ3n) is 3.76. The van der Waals surface area contributed by atoms with Crippen molar-refractivity contribution in [2.45, 2.75) is 13.3 Å². The summed E-state index contributed by atoms with van der Waals surface area (Å²) in [6, 6.07) is 12.0. The van der Waals surface area contributed by atoms with Gasteiger partial charge in [0, 0.05) is 28.7 Å². The molecule has 0 aliphatic carbocycles. The van der Waals surface area contributed by atoms with E-state index in [0.29, 0.717) is 5.52 Å². The average Bonchev–Trinajstić information content (AvgIpc) is 2.79. The highest BCUT2D eigenvalue weighted by Gasteiger charge is 2.15. The first-order valence-corrected chi connectivity index (χ1v) is 6.44. The number of rotatable bonds is 1. The molecule has 0 aliphatic heterocycles. The summed E-state index contributed by atoms with van der Waals surface area (Å²) < 4.78 is 2.17. The van der Waals surface area contributed by atoms with Crippen molar-refractivity contribution < 1.29 is 0 Å². The lowest BCUT2D eigenvalue weighted by atomic mass is 10.2. The zero-order valence-electron chi connectivity index (χ0n) is 10.6. The van der Waals surface area contributed by atoms with Gasteiger partial charge in [-0.05, 0) is 18.6 Å². The monoisotopic (exact) mass is 248 g/mol. The Bertz CT molecular complexity index is 969. The number of fused-ring (bicyclic) bond motifs is 3. The van der Waals surface area contributed by atoms with Crippen LogP contribution in [0.3, 0.4) is 0 Å². The summed E-state index contributed by atoms with van der Waals surface area (Å²) in [7, 11) is 0. The Morgan fingerprint density at radius 3 is 2.84 bits per heavy atom. The van der Waals surface area contributed by atoms with Gasteiger partial charge >= 0.3 is 0 Å². The van der Waals surface area contributed by atoms with E-state index in [9.17, 15) is 4.79 Å². The fourth-order valence-electron chi connectivity index (χ4n) is 2.94. The molecule has 0 radical (unpaired) electrons. The Kier molecular flexibility index (Phi) is 1.96. The molecule has 3 nitrogen and oxygen atoms in total. The average molecular weight is 248 g/mol. The second kappa shape index (κ2) is 3.54. The molecule has 4 rings (SSSR count). The predicted octanol–water partition coefficient (Wildman–Crippen LogP) is 3.00. The summed E-state index contributed by atoms with van der Waals surface area (Å²) >= 11 is 0. The smallest absolute Gasteiger partial charge is 0.208 e. The van der Waals surface area contributed by atoms with Crippen molar-refractivity contribution in [1.82, 2.24) is 9.38 Å². The van der Waals surface area contributed by atoms with Crippen LogP contribution >= 0.6 is 0 Å². The largest absolute Gasteiger partial charge is 0.311 e. The van der Waals surface area contributed by atoms with Crippen molar-refractivity contribution in [3.8, 4) is 0 Å². The number of pyridine rings is 2. The lowest BCUT2D eigenvalue weighted by Gasteiger charge is -2.05. The molecule has 0 saturated carbocycles. The summed E-state index contributed by atoms with van der Waals surface area (Å²) in [6.45, 7) is 2.07. The van der Waals surface area contributed by atoms with Crippen LogP contribution in [0.25, 0.3) is 27.3 Å². The van der Waals surface area contributed by atoms with Crippen LogP contribution in [0.1, 0.15) is 12.6 Å². The van der Waals surface area contributed by atoms with Crippen LogP contribution in [0.15, 0.2) is 47.4 Å². The van der Waals surface area contributed by atoms with Crippen molar-refractivity contribution >= 4 is 27.3 Å². The maximum absolute atomic E-state index is 12.2. The van der Waals surface area contributed by atoms with Crippen molar-refractivity contribution in [2.24, 2.45) is 0 Å². The maximum atomic E-state index is 12.2. The third-order valence-corrected chi connectivity index (χ3v) is 3.76. The predicted molar refractivity (Wildman–Crippen MR) is 77.0 cm³/mol. The molecule has 0 aliphatic rings. The van der Waals surface area contributed by atoms with Gasteiger partial charge in [0.25, 0.3) is 0 Å². The van der Waals surface area contributed by atoms with Crippen LogP contribution in [0.2, 0.25) is 0 Å².